The minimum absolute atomic E-state index is 0.338. The monoisotopic (exact) mass is 276 g/mol. The van der Waals surface area contributed by atoms with Crippen molar-refractivity contribution in [3.8, 4) is 0 Å². The van der Waals surface area contributed by atoms with E-state index in [1.54, 1.807) is 0 Å². The van der Waals surface area contributed by atoms with Crippen LogP contribution in [0, 0.1) is 0 Å². The summed E-state index contributed by atoms with van der Waals surface area (Å²) in [6.45, 7) is 0.334. The molecule has 0 aromatic rings. The molecule has 0 amide bonds. The molecule has 7 heteroatoms. The van der Waals surface area contributed by atoms with Crippen molar-refractivity contribution < 1.29 is 25.8 Å². The van der Waals surface area contributed by atoms with E-state index < -0.39 is 22.9 Å². The molecule has 0 aromatic heterocycles. The Morgan fingerprint density at radius 3 is 2.06 bits per heavy atom. The Kier molecular flexibility index (Phi) is 7.78. The van der Waals surface area contributed by atoms with Gasteiger partial charge in [0.1, 0.15) is 0 Å². The molecule has 3 nitrogen and oxygen atoms in total. The molecule has 0 aliphatic heterocycles. The van der Waals surface area contributed by atoms with Crippen LogP contribution in [0.25, 0.3) is 0 Å². The fraction of sp³-hybridized carbons (Fsp3) is 1.00. The first-order valence-corrected chi connectivity index (χ1v) is 7.28. The lowest BCUT2D eigenvalue weighted by atomic mass is 10.1. The van der Waals surface area contributed by atoms with Crippen molar-refractivity contribution in [3.05, 3.63) is 0 Å². The Balaban J connectivity index is 3.65. The van der Waals surface area contributed by atoms with Gasteiger partial charge in [-0.3, -0.25) is 4.18 Å². The van der Waals surface area contributed by atoms with Gasteiger partial charge in [0.15, 0.2) is 6.61 Å². The maximum atomic E-state index is 11.7. The molecular weight excluding hydrogens is 257 g/mol. The van der Waals surface area contributed by atoms with Crippen LogP contribution >= 0.6 is 0 Å². The zero-order chi connectivity index (χ0) is 13.4. The molecule has 104 valence electrons. The molecule has 0 aromatic carbocycles. The summed E-state index contributed by atoms with van der Waals surface area (Å²) in [5.41, 5.74) is 0. The van der Waals surface area contributed by atoms with Crippen molar-refractivity contribution >= 4 is 10.1 Å². The van der Waals surface area contributed by atoms with Crippen LogP contribution < -0.4 is 0 Å². The Morgan fingerprint density at radius 1 is 1.00 bits per heavy atom. The summed E-state index contributed by atoms with van der Waals surface area (Å²) >= 11 is 0. The van der Waals surface area contributed by atoms with Gasteiger partial charge in [-0.15, -0.1) is 0 Å². The molecule has 0 bridgehead atoms. The van der Waals surface area contributed by atoms with E-state index in [0.717, 1.165) is 25.7 Å². The summed E-state index contributed by atoms with van der Waals surface area (Å²) in [5, 5.41) is 0. The van der Waals surface area contributed by atoms with Crippen LogP contribution in [0.3, 0.4) is 0 Å². The van der Waals surface area contributed by atoms with Crippen molar-refractivity contribution in [1.82, 2.24) is 0 Å². The van der Waals surface area contributed by atoms with Gasteiger partial charge in [0.2, 0.25) is 0 Å². The van der Waals surface area contributed by atoms with Gasteiger partial charge in [-0.2, -0.15) is 21.6 Å². The van der Waals surface area contributed by atoms with E-state index in [4.69, 9.17) is 0 Å². The first kappa shape index (κ1) is 16.7. The van der Waals surface area contributed by atoms with E-state index in [9.17, 15) is 21.6 Å². The third kappa shape index (κ3) is 12.0. The van der Waals surface area contributed by atoms with E-state index in [0.29, 0.717) is 12.8 Å². The van der Waals surface area contributed by atoms with Crippen molar-refractivity contribution in [1.29, 1.82) is 0 Å². The highest BCUT2D eigenvalue weighted by Gasteiger charge is 2.30. The molecule has 0 spiro atoms. The molecule has 0 saturated carbocycles. The second-order valence-electron chi connectivity index (χ2n) is 3.91. The summed E-state index contributed by atoms with van der Waals surface area (Å²) in [5.74, 6) is -0.338. The van der Waals surface area contributed by atoms with Crippen LogP contribution in [0.1, 0.15) is 45.4 Å². The number of unbranched alkanes of at least 4 members (excludes halogenated alkanes) is 5. The lowest BCUT2D eigenvalue weighted by Crippen LogP contribution is -2.22. The van der Waals surface area contributed by atoms with Crippen LogP contribution in [0.4, 0.5) is 13.2 Å². The van der Waals surface area contributed by atoms with Crippen molar-refractivity contribution in [2.45, 2.75) is 51.6 Å². The predicted molar refractivity (Wildman–Crippen MR) is 59.2 cm³/mol. The average Bonchev–Trinajstić information content (AvgIpc) is 2.20. The van der Waals surface area contributed by atoms with Crippen LogP contribution in [0.15, 0.2) is 0 Å². The molecule has 0 unspecified atom stereocenters. The van der Waals surface area contributed by atoms with Crippen LogP contribution in [0.2, 0.25) is 0 Å². The maximum Gasteiger partial charge on any atom is 0.413 e. The molecule has 17 heavy (non-hydrogen) atoms. The van der Waals surface area contributed by atoms with Crippen molar-refractivity contribution in [3.63, 3.8) is 0 Å². The Morgan fingerprint density at radius 2 is 1.53 bits per heavy atom. The van der Waals surface area contributed by atoms with Crippen LogP contribution in [-0.2, 0) is 14.3 Å². The smallest absolute Gasteiger partial charge is 0.261 e. The number of halogens is 3. The third-order valence-electron chi connectivity index (χ3n) is 2.15. The summed E-state index contributed by atoms with van der Waals surface area (Å²) in [6, 6.07) is 0. The van der Waals surface area contributed by atoms with Crippen molar-refractivity contribution in [2.24, 2.45) is 0 Å². The molecule has 0 fully saturated rings. The molecule has 0 aliphatic carbocycles. The van der Waals surface area contributed by atoms with Gasteiger partial charge < -0.3 is 0 Å². The van der Waals surface area contributed by atoms with E-state index >= 15 is 0 Å². The van der Waals surface area contributed by atoms with E-state index in [1.165, 1.54) is 0 Å². The largest absolute Gasteiger partial charge is 0.413 e. The molecule has 0 aliphatic rings. The second-order valence-corrected chi connectivity index (χ2v) is 5.67. The minimum Gasteiger partial charge on any atom is -0.261 e. The highest BCUT2D eigenvalue weighted by atomic mass is 32.2. The normalized spacial score (nSPS) is 12.9. The first-order valence-electron chi connectivity index (χ1n) is 5.70. The highest BCUT2D eigenvalue weighted by molar-refractivity contribution is 7.86. The third-order valence-corrected chi connectivity index (χ3v) is 3.42. The lowest BCUT2D eigenvalue weighted by molar-refractivity contribution is -0.152. The molecule has 0 rings (SSSR count). The van der Waals surface area contributed by atoms with Crippen molar-refractivity contribution in [2.75, 3.05) is 12.4 Å². The quantitative estimate of drug-likeness (QED) is 0.479. The van der Waals surface area contributed by atoms with Crippen LogP contribution in [0.5, 0.6) is 0 Å². The minimum atomic E-state index is -4.60. The zero-order valence-electron chi connectivity index (χ0n) is 9.92. The van der Waals surface area contributed by atoms with E-state index in [2.05, 4.69) is 11.1 Å². The molecule has 0 heterocycles. The van der Waals surface area contributed by atoms with Gasteiger partial charge in [0, 0.05) is 0 Å². The van der Waals surface area contributed by atoms with Gasteiger partial charge in [0.05, 0.1) is 5.75 Å². The van der Waals surface area contributed by atoms with Crippen LogP contribution in [-0.4, -0.2) is 27.0 Å². The van der Waals surface area contributed by atoms with Gasteiger partial charge in [0.25, 0.3) is 10.1 Å². The lowest BCUT2D eigenvalue weighted by Gasteiger charge is -2.07. The summed E-state index contributed by atoms with van der Waals surface area (Å²) in [4.78, 5) is 0. The molecular formula is C10H19F3O3S. The first-order chi connectivity index (χ1) is 7.77. The topological polar surface area (TPSA) is 43.4 Å². The average molecular weight is 276 g/mol. The number of rotatable bonds is 9. The van der Waals surface area contributed by atoms with Gasteiger partial charge in [-0.25, -0.2) is 0 Å². The fourth-order valence-electron chi connectivity index (χ4n) is 1.27. The summed E-state index contributed by atoms with van der Waals surface area (Å²) in [7, 11) is -4.03. The van der Waals surface area contributed by atoms with Gasteiger partial charge >= 0.3 is 6.18 Å². The Hall–Kier alpha value is -0.300. The maximum absolute atomic E-state index is 11.7. The SMILES string of the molecule is CCCCCCCCS(=O)(=O)OCC(F)(F)F. The Bertz CT molecular complexity index is 286. The van der Waals surface area contributed by atoms with E-state index in [-0.39, 0.29) is 5.75 Å². The molecule has 0 radical (unpaired) electrons. The van der Waals surface area contributed by atoms with Gasteiger partial charge in [-0.1, -0.05) is 39.0 Å². The van der Waals surface area contributed by atoms with E-state index in [1.807, 2.05) is 0 Å². The van der Waals surface area contributed by atoms with Gasteiger partial charge in [-0.05, 0) is 6.42 Å². The number of hydrogen-bond acceptors (Lipinski definition) is 3. The number of alkyl halides is 3. The summed E-state index contributed by atoms with van der Waals surface area (Å²) in [6.07, 6.45) is 0.569. The second kappa shape index (κ2) is 7.92. The Labute approximate surface area is 100 Å². The molecule has 0 saturated heterocycles. The zero-order valence-corrected chi connectivity index (χ0v) is 10.7. The number of hydrogen-bond donors (Lipinski definition) is 0. The predicted octanol–water partition coefficient (Wildman–Crippen LogP) is 3.26. The molecule has 0 atom stereocenters. The molecule has 0 N–H and O–H groups in total. The summed E-state index contributed by atoms with van der Waals surface area (Å²) < 4.78 is 61.1. The highest BCUT2D eigenvalue weighted by Crippen LogP contribution is 2.16. The standard InChI is InChI=1S/C10H19F3O3S/c1-2-3-4-5-6-7-8-17(14,15)16-9-10(11,12)13/h2-9H2,1H3. The fourth-order valence-corrected chi connectivity index (χ4v) is 2.26.